The highest BCUT2D eigenvalue weighted by Gasteiger charge is 2.20. The quantitative estimate of drug-likeness (QED) is 0.920. The van der Waals surface area contributed by atoms with Gasteiger partial charge in [-0.1, -0.05) is 0 Å². The molecular weight excluding hydrogens is 304 g/mol. The summed E-state index contributed by atoms with van der Waals surface area (Å²) in [6.07, 6.45) is 0.413. The lowest BCUT2D eigenvalue weighted by Crippen LogP contribution is -2.49. The second-order valence-electron chi connectivity index (χ2n) is 4.38. The van der Waals surface area contributed by atoms with Crippen molar-refractivity contribution < 1.29 is 9.18 Å². The SMILES string of the molecule is Cl.Cl.NCCC(=O)N1CCN(c2ccc(F)cc2)CC1. The maximum Gasteiger partial charge on any atom is 0.223 e. The zero-order chi connectivity index (χ0) is 13.0. The smallest absolute Gasteiger partial charge is 0.223 e. The summed E-state index contributed by atoms with van der Waals surface area (Å²) in [5.41, 5.74) is 6.38. The number of amides is 1. The van der Waals surface area contributed by atoms with Crippen LogP contribution in [0.3, 0.4) is 0 Å². The Hall–Kier alpha value is -1.04. The van der Waals surface area contributed by atoms with E-state index in [0.717, 1.165) is 18.8 Å². The third-order valence-corrected chi connectivity index (χ3v) is 3.18. The van der Waals surface area contributed by atoms with Gasteiger partial charge in [0.25, 0.3) is 0 Å². The van der Waals surface area contributed by atoms with Crippen LogP contribution in [0.1, 0.15) is 6.42 Å². The molecule has 7 heteroatoms. The molecule has 2 rings (SSSR count). The molecule has 1 aromatic rings. The van der Waals surface area contributed by atoms with E-state index in [1.54, 1.807) is 12.1 Å². The number of piperazine rings is 1. The normalized spacial score (nSPS) is 14.3. The summed E-state index contributed by atoms with van der Waals surface area (Å²) in [5, 5.41) is 0. The maximum absolute atomic E-state index is 12.8. The van der Waals surface area contributed by atoms with E-state index in [0.29, 0.717) is 26.1 Å². The van der Waals surface area contributed by atoms with Crippen LogP contribution < -0.4 is 10.6 Å². The zero-order valence-corrected chi connectivity index (χ0v) is 12.8. The average Bonchev–Trinajstić information content (AvgIpc) is 2.40. The topological polar surface area (TPSA) is 49.6 Å². The van der Waals surface area contributed by atoms with Gasteiger partial charge in [-0.2, -0.15) is 0 Å². The maximum atomic E-state index is 12.8. The van der Waals surface area contributed by atoms with Crippen LogP contribution in [0.2, 0.25) is 0 Å². The van der Waals surface area contributed by atoms with Crippen LogP contribution in [0.4, 0.5) is 10.1 Å². The molecule has 20 heavy (non-hydrogen) atoms. The molecule has 1 saturated heterocycles. The Kier molecular flexibility index (Phi) is 8.53. The van der Waals surface area contributed by atoms with E-state index in [2.05, 4.69) is 4.90 Å². The predicted octanol–water partition coefficient (Wildman–Crippen LogP) is 1.67. The molecule has 0 bridgehead atoms. The minimum absolute atomic E-state index is 0. The number of anilines is 1. The van der Waals surface area contributed by atoms with Gasteiger partial charge in [0.2, 0.25) is 5.91 Å². The van der Waals surface area contributed by atoms with E-state index in [9.17, 15) is 9.18 Å². The van der Waals surface area contributed by atoms with Crippen molar-refractivity contribution in [1.29, 1.82) is 0 Å². The van der Waals surface area contributed by atoms with Gasteiger partial charge < -0.3 is 15.5 Å². The second-order valence-corrected chi connectivity index (χ2v) is 4.38. The Morgan fingerprint density at radius 1 is 1.10 bits per heavy atom. The minimum atomic E-state index is -0.226. The molecule has 0 radical (unpaired) electrons. The van der Waals surface area contributed by atoms with Gasteiger partial charge in [0, 0.05) is 44.8 Å². The Balaban J connectivity index is 0.00000180. The zero-order valence-electron chi connectivity index (χ0n) is 11.1. The van der Waals surface area contributed by atoms with Crippen molar-refractivity contribution in [2.24, 2.45) is 5.73 Å². The van der Waals surface area contributed by atoms with Crippen molar-refractivity contribution >= 4 is 36.4 Å². The van der Waals surface area contributed by atoms with Crippen molar-refractivity contribution in [1.82, 2.24) is 4.90 Å². The van der Waals surface area contributed by atoms with E-state index in [1.165, 1.54) is 12.1 Å². The molecule has 1 amide bonds. The molecule has 114 valence electrons. The third kappa shape index (κ3) is 4.81. The lowest BCUT2D eigenvalue weighted by Gasteiger charge is -2.36. The molecular formula is C13H20Cl2FN3O. The van der Waals surface area contributed by atoms with Gasteiger partial charge in [-0.3, -0.25) is 4.79 Å². The second kappa shape index (κ2) is 9.00. The van der Waals surface area contributed by atoms with E-state index in [4.69, 9.17) is 5.73 Å². The number of carbonyl (C=O) groups excluding carboxylic acids is 1. The first-order chi connectivity index (χ1) is 8.70. The van der Waals surface area contributed by atoms with Crippen molar-refractivity contribution in [3.63, 3.8) is 0 Å². The Morgan fingerprint density at radius 3 is 2.15 bits per heavy atom. The summed E-state index contributed by atoms with van der Waals surface area (Å²) >= 11 is 0. The summed E-state index contributed by atoms with van der Waals surface area (Å²) in [5.74, 6) is -0.105. The fourth-order valence-corrected chi connectivity index (χ4v) is 2.15. The van der Waals surface area contributed by atoms with E-state index in [-0.39, 0.29) is 36.5 Å². The first kappa shape index (κ1) is 19.0. The van der Waals surface area contributed by atoms with Crippen molar-refractivity contribution in [3.05, 3.63) is 30.1 Å². The van der Waals surface area contributed by atoms with Crippen LogP contribution >= 0.6 is 24.8 Å². The van der Waals surface area contributed by atoms with Gasteiger partial charge in [-0.15, -0.1) is 24.8 Å². The summed E-state index contributed by atoms with van der Waals surface area (Å²) in [7, 11) is 0. The van der Waals surface area contributed by atoms with Gasteiger partial charge >= 0.3 is 0 Å². The Labute approximate surface area is 130 Å². The molecule has 4 nitrogen and oxygen atoms in total. The van der Waals surface area contributed by atoms with Gasteiger partial charge in [0.05, 0.1) is 0 Å². The highest BCUT2D eigenvalue weighted by molar-refractivity contribution is 5.85. The van der Waals surface area contributed by atoms with E-state index in [1.807, 2.05) is 4.90 Å². The largest absolute Gasteiger partial charge is 0.368 e. The monoisotopic (exact) mass is 323 g/mol. The molecule has 0 aromatic heterocycles. The Bertz CT molecular complexity index is 409. The van der Waals surface area contributed by atoms with E-state index >= 15 is 0 Å². The molecule has 1 aromatic carbocycles. The summed E-state index contributed by atoms with van der Waals surface area (Å²) in [6, 6.07) is 6.46. The summed E-state index contributed by atoms with van der Waals surface area (Å²) < 4.78 is 12.8. The predicted molar refractivity (Wildman–Crippen MR) is 83.4 cm³/mol. The number of rotatable bonds is 3. The first-order valence-electron chi connectivity index (χ1n) is 6.19. The summed E-state index contributed by atoms with van der Waals surface area (Å²) in [6.45, 7) is 3.37. The van der Waals surface area contributed by atoms with Gasteiger partial charge in [0.15, 0.2) is 0 Å². The molecule has 0 atom stereocenters. The number of halogens is 3. The standard InChI is InChI=1S/C13H18FN3O.2ClH/c14-11-1-3-12(4-2-11)16-7-9-17(10-8-16)13(18)5-6-15;;/h1-4H,5-10,15H2;2*1H. The third-order valence-electron chi connectivity index (χ3n) is 3.18. The number of nitrogens with two attached hydrogens (primary N) is 1. The van der Waals surface area contributed by atoms with E-state index < -0.39 is 0 Å². The molecule has 0 aliphatic carbocycles. The van der Waals surface area contributed by atoms with Crippen LogP contribution in [0.25, 0.3) is 0 Å². The minimum Gasteiger partial charge on any atom is -0.368 e. The number of hydrogen-bond acceptors (Lipinski definition) is 3. The van der Waals surface area contributed by atoms with Crippen LogP contribution in [0, 0.1) is 5.82 Å². The molecule has 0 unspecified atom stereocenters. The van der Waals surface area contributed by atoms with Gasteiger partial charge in [0.1, 0.15) is 5.82 Å². The average molecular weight is 324 g/mol. The van der Waals surface area contributed by atoms with Crippen LogP contribution in [0.5, 0.6) is 0 Å². The first-order valence-corrected chi connectivity index (χ1v) is 6.19. The lowest BCUT2D eigenvalue weighted by atomic mass is 10.2. The fourth-order valence-electron chi connectivity index (χ4n) is 2.15. The highest BCUT2D eigenvalue weighted by Crippen LogP contribution is 2.17. The summed E-state index contributed by atoms with van der Waals surface area (Å²) in [4.78, 5) is 15.7. The van der Waals surface area contributed by atoms with Crippen LogP contribution in [-0.4, -0.2) is 43.5 Å². The highest BCUT2D eigenvalue weighted by atomic mass is 35.5. The van der Waals surface area contributed by atoms with Crippen LogP contribution in [-0.2, 0) is 4.79 Å². The van der Waals surface area contributed by atoms with Gasteiger partial charge in [-0.25, -0.2) is 4.39 Å². The lowest BCUT2D eigenvalue weighted by molar-refractivity contribution is -0.131. The van der Waals surface area contributed by atoms with Crippen molar-refractivity contribution in [2.75, 3.05) is 37.6 Å². The molecule has 1 aliphatic heterocycles. The van der Waals surface area contributed by atoms with Crippen molar-refractivity contribution in [2.45, 2.75) is 6.42 Å². The molecule has 0 saturated carbocycles. The number of benzene rings is 1. The molecule has 2 N–H and O–H groups in total. The van der Waals surface area contributed by atoms with Crippen molar-refractivity contribution in [3.8, 4) is 0 Å². The molecule has 1 aliphatic rings. The van der Waals surface area contributed by atoms with Crippen LogP contribution in [0.15, 0.2) is 24.3 Å². The number of hydrogen-bond donors (Lipinski definition) is 1. The molecule has 1 heterocycles. The number of carbonyl (C=O) groups is 1. The van der Waals surface area contributed by atoms with Gasteiger partial charge in [-0.05, 0) is 24.3 Å². The fraction of sp³-hybridized carbons (Fsp3) is 0.462. The number of nitrogens with zero attached hydrogens (tertiary/aromatic N) is 2. The molecule has 1 fully saturated rings. The molecule has 0 spiro atoms. The Morgan fingerprint density at radius 2 is 1.65 bits per heavy atom.